The van der Waals surface area contributed by atoms with Crippen molar-refractivity contribution in [3.63, 3.8) is 0 Å². The second-order valence-corrected chi connectivity index (χ2v) is 7.44. The van der Waals surface area contributed by atoms with Gasteiger partial charge in [0.2, 0.25) is 0 Å². The van der Waals surface area contributed by atoms with E-state index < -0.39 is 5.97 Å². The van der Waals surface area contributed by atoms with Crippen molar-refractivity contribution in [2.45, 2.75) is 19.9 Å². The van der Waals surface area contributed by atoms with Crippen LogP contribution in [0, 0.1) is 0 Å². The number of amides is 1. The van der Waals surface area contributed by atoms with Crippen LogP contribution in [-0.4, -0.2) is 41.7 Å². The van der Waals surface area contributed by atoms with Crippen LogP contribution in [0.5, 0.6) is 0 Å². The minimum atomic E-state index is -1.12. The Morgan fingerprint density at radius 3 is 2.52 bits per heavy atom. The Balaban J connectivity index is 1.51. The van der Waals surface area contributed by atoms with Crippen LogP contribution in [0.2, 0.25) is 0 Å². The van der Waals surface area contributed by atoms with E-state index in [1.54, 1.807) is 60.9 Å². The zero-order chi connectivity index (χ0) is 23.4. The Labute approximate surface area is 189 Å². The Kier molecular flexibility index (Phi) is 6.07. The number of aromatic carboxylic acids is 1. The maximum absolute atomic E-state index is 12.8. The van der Waals surface area contributed by atoms with Crippen LogP contribution in [0.25, 0.3) is 11.5 Å². The van der Waals surface area contributed by atoms with Crippen LogP contribution in [0.15, 0.2) is 67.0 Å². The highest BCUT2D eigenvalue weighted by Crippen LogP contribution is 2.21. The summed E-state index contributed by atoms with van der Waals surface area (Å²) in [5, 5.41) is 23.0. The number of hydrogen-bond donors (Lipinski definition) is 3. The van der Waals surface area contributed by atoms with Crippen LogP contribution in [-0.2, 0) is 0 Å². The maximum atomic E-state index is 12.8. The number of benzene rings is 1. The number of anilines is 3. The second-order valence-electron chi connectivity index (χ2n) is 7.44. The molecule has 1 amide bonds. The lowest BCUT2D eigenvalue weighted by Gasteiger charge is -2.11. The molecule has 166 valence electrons. The van der Waals surface area contributed by atoms with Gasteiger partial charge in [0.1, 0.15) is 23.7 Å². The largest absolute Gasteiger partial charge is 0.477 e. The van der Waals surface area contributed by atoms with Gasteiger partial charge < -0.3 is 20.3 Å². The lowest BCUT2D eigenvalue weighted by Crippen LogP contribution is -2.13. The standard InChI is InChI=1S/C23H21N7O3/c1-14(2)30-13-24-29-21(30)17-8-4-11-20(26-17)28-22(31)15-6-3-7-16(12-15)25-19-10-5-9-18(27-19)23(32)33/h3-14H,1-2H3,(H,25,27)(H,32,33)(H,26,28,31). The Bertz CT molecular complexity index is 1320. The summed E-state index contributed by atoms with van der Waals surface area (Å²) in [6.07, 6.45) is 1.65. The fourth-order valence-electron chi connectivity index (χ4n) is 3.13. The molecule has 0 spiro atoms. The third kappa shape index (κ3) is 5.01. The number of carboxylic acid groups (broad SMARTS) is 1. The van der Waals surface area contributed by atoms with Crippen molar-refractivity contribution in [2.75, 3.05) is 10.6 Å². The van der Waals surface area contributed by atoms with Crippen molar-refractivity contribution < 1.29 is 14.7 Å². The Hall–Kier alpha value is -4.60. The average molecular weight is 443 g/mol. The first kappa shape index (κ1) is 21.6. The summed E-state index contributed by atoms with van der Waals surface area (Å²) in [5.74, 6) is -0.113. The molecule has 0 radical (unpaired) electrons. The van der Waals surface area contributed by atoms with Crippen LogP contribution >= 0.6 is 0 Å². The fourth-order valence-corrected chi connectivity index (χ4v) is 3.13. The van der Waals surface area contributed by atoms with Gasteiger partial charge in [-0.3, -0.25) is 4.79 Å². The number of pyridine rings is 2. The van der Waals surface area contributed by atoms with Crippen LogP contribution in [0.3, 0.4) is 0 Å². The molecule has 33 heavy (non-hydrogen) atoms. The Morgan fingerprint density at radius 1 is 0.970 bits per heavy atom. The van der Waals surface area contributed by atoms with Gasteiger partial charge in [0, 0.05) is 17.3 Å². The van der Waals surface area contributed by atoms with Crippen LogP contribution < -0.4 is 10.6 Å². The molecule has 10 nitrogen and oxygen atoms in total. The molecule has 3 aromatic heterocycles. The molecule has 3 heterocycles. The van der Waals surface area contributed by atoms with Crippen molar-refractivity contribution in [3.8, 4) is 11.5 Å². The zero-order valence-electron chi connectivity index (χ0n) is 17.9. The molecular formula is C23H21N7O3. The molecule has 0 bridgehead atoms. The van der Waals surface area contributed by atoms with Gasteiger partial charge in [-0.15, -0.1) is 10.2 Å². The van der Waals surface area contributed by atoms with E-state index in [1.807, 2.05) is 18.4 Å². The summed E-state index contributed by atoms with van der Waals surface area (Å²) in [5.41, 5.74) is 1.50. The normalized spacial score (nSPS) is 10.8. The molecule has 0 aliphatic heterocycles. The quantitative estimate of drug-likeness (QED) is 0.390. The third-order valence-electron chi connectivity index (χ3n) is 4.71. The number of nitrogens with zero attached hydrogens (tertiary/aromatic N) is 5. The molecule has 4 rings (SSSR count). The van der Waals surface area contributed by atoms with E-state index >= 15 is 0 Å². The molecule has 0 unspecified atom stereocenters. The molecule has 0 aliphatic rings. The van der Waals surface area contributed by atoms with Gasteiger partial charge in [0.05, 0.1) is 0 Å². The number of carboxylic acids is 1. The first-order valence-electron chi connectivity index (χ1n) is 10.2. The third-order valence-corrected chi connectivity index (χ3v) is 4.71. The lowest BCUT2D eigenvalue weighted by atomic mass is 10.2. The molecule has 1 aromatic carbocycles. The minimum Gasteiger partial charge on any atom is -0.477 e. The van der Waals surface area contributed by atoms with E-state index in [2.05, 4.69) is 30.8 Å². The molecule has 0 saturated carbocycles. The van der Waals surface area contributed by atoms with Gasteiger partial charge in [-0.1, -0.05) is 18.2 Å². The number of carbonyl (C=O) groups excluding carboxylic acids is 1. The highest BCUT2D eigenvalue weighted by molar-refractivity contribution is 6.04. The number of aromatic nitrogens is 5. The molecular weight excluding hydrogens is 422 g/mol. The molecule has 4 aromatic rings. The molecule has 0 aliphatic carbocycles. The van der Waals surface area contributed by atoms with Crippen molar-refractivity contribution in [1.82, 2.24) is 24.7 Å². The highest BCUT2D eigenvalue weighted by Gasteiger charge is 2.13. The molecule has 0 fully saturated rings. The fraction of sp³-hybridized carbons (Fsp3) is 0.130. The minimum absolute atomic E-state index is 0.0758. The number of hydrogen-bond acceptors (Lipinski definition) is 7. The van der Waals surface area contributed by atoms with E-state index in [9.17, 15) is 9.59 Å². The van der Waals surface area contributed by atoms with E-state index in [4.69, 9.17) is 5.11 Å². The van der Waals surface area contributed by atoms with Gasteiger partial charge in [0.25, 0.3) is 5.91 Å². The summed E-state index contributed by atoms with van der Waals surface area (Å²) in [4.78, 5) is 32.5. The van der Waals surface area contributed by atoms with Crippen molar-refractivity contribution in [3.05, 3.63) is 78.2 Å². The van der Waals surface area contributed by atoms with Crippen molar-refractivity contribution in [1.29, 1.82) is 0 Å². The van der Waals surface area contributed by atoms with Gasteiger partial charge in [-0.25, -0.2) is 14.8 Å². The topological polar surface area (TPSA) is 135 Å². The van der Waals surface area contributed by atoms with E-state index in [-0.39, 0.29) is 17.6 Å². The molecule has 0 atom stereocenters. The van der Waals surface area contributed by atoms with E-state index in [1.165, 1.54) is 6.07 Å². The van der Waals surface area contributed by atoms with Crippen molar-refractivity contribution >= 4 is 29.2 Å². The lowest BCUT2D eigenvalue weighted by molar-refractivity contribution is 0.0690. The van der Waals surface area contributed by atoms with Gasteiger partial charge in [-0.05, 0) is 56.3 Å². The second kappa shape index (κ2) is 9.27. The molecule has 0 saturated heterocycles. The first-order chi connectivity index (χ1) is 15.9. The number of carbonyl (C=O) groups is 2. The molecule has 3 N–H and O–H groups in total. The maximum Gasteiger partial charge on any atom is 0.354 e. The summed E-state index contributed by atoms with van der Waals surface area (Å²) in [6, 6.07) is 16.9. The average Bonchev–Trinajstić information content (AvgIpc) is 3.30. The first-order valence-corrected chi connectivity index (χ1v) is 10.2. The SMILES string of the molecule is CC(C)n1cnnc1-c1cccc(NC(=O)c2cccc(Nc3cccc(C(=O)O)n3)c2)n1. The number of rotatable bonds is 7. The smallest absolute Gasteiger partial charge is 0.354 e. The highest BCUT2D eigenvalue weighted by atomic mass is 16.4. The zero-order valence-corrected chi connectivity index (χ0v) is 17.9. The van der Waals surface area contributed by atoms with Gasteiger partial charge in [0.15, 0.2) is 11.5 Å². The summed E-state index contributed by atoms with van der Waals surface area (Å²) in [7, 11) is 0. The van der Waals surface area contributed by atoms with Crippen molar-refractivity contribution in [2.24, 2.45) is 0 Å². The molecule has 10 heteroatoms. The van der Waals surface area contributed by atoms with Gasteiger partial charge in [-0.2, -0.15) is 0 Å². The summed E-state index contributed by atoms with van der Waals surface area (Å²) < 4.78 is 1.90. The summed E-state index contributed by atoms with van der Waals surface area (Å²) in [6.45, 7) is 4.04. The van der Waals surface area contributed by atoms with E-state index in [0.29, 0.717) is 34.4 Å². The Morgan fingerprint density at radius 2 is 1.73 bits per heavy atom. The van der Waals surface area contributed by atoms with E-state index in [0.717, 1.165) is 0 Å². The van der Waals surface area contributed by atoms with Crippen LogP contribution in [0.1, 0.15) is 40.7 Å². The summed E-state index contributed by atoms with van der Waals surface area (Å²) >= 11 is 0. The number of nitrogens with one attached hydrogen (secondary N) is 2. The predicted molar refractivity (Wildman–Crippen MR) is 123 cm³/mol. The monoisotopic (exact) mass is 443 g/mol. The predicted octanol–water partition coefficient (Wildman–Crippen LogP) is 4.01. The van der Waals surface area contributed by atoms with Crippen LogP contribution in [0.4, 0.5) is 17.3 Å². The van der Waals surface area contributed by atoms with Gasteiger partial charge >= 0.3 is 5.97 Å².